The van der Waals surface area contributed by atoms with Crippen molar-refractivity contribution in [1.29, 1.82) is 0 Å². The Bertz CT molecular complexity index is 713. The van der Waals surface area contributed by atoms with E-state index in [2.05, 4.69) is 19.9 Å². The Labute approximate surface area is 87.8 Å². The summed E-state index contributed by atoms with van der Waals surface area (Å²) in [6, 6.07) is 0. The van der Waals surface area contributed by atoms with Crippen molar-refractivity contribution in [2.24, 2.45) is 0 Å². The van der Waals surface area contributed by atoms with Crippen LogP contribution in [0.25, 0.3) is 17.2 Å². The van der Waals surface area contributed by atoms with Gasteiger partial charge in [0, 0.05) is 0 Å². The molecule has 3 rings (SSSR count). The molecule has 16 heavy (non-hydrogen) atoms. The van der Waals surface area contributed by atoms with Gasteiger partial charge in [-0.25, -0.2) is 14.8 Å². The first kappa shape index (κ1) is 8.84. The number of ether oxygens (including phenoxy) is 1. The topological polar surface area (TPSA) is 101 Å². The van der Waals surface area contributed by atoms with E-state index >= 15 is 0 Å². The van der Waals surface area contributed by atoms with Crippen molar-refractivity contribution in [3.05, 3.63) is 32.6 Å². The van der Waals surface area contributed by atoms with Gasteiger partial charge in [-0.3, -0.25) is 14.8 Å². The van der Waals surface area contributed by atoms with Crippen molar-refractivity contribution in [3.63, 3.8) is 0 Å². The van der Waals surface area contributed by atoms with E-state index in [0.717, 1.165) is 0 Å². The van der Waals surface area contributed by atoms with Crippen LogP contribution in [-0.2, 0) is 0 Å². The molecule has 0 bridgehead atoms. The van der Waals surface area contributed by atoms with Gasteiger partial charge < -0.3 is 4.74 Å². The quantitative estimate of drug-likeness (QED) is 0.615. The van der Waals surface area contributed by atoms with E-state index < -0.39 is 11.2 Å². The van der Waals surface area contributed by atoms with E-state index in [0.29, 0.717) is 18.2 Å². The second kappa shape index (κ2) is 3.02. The Morgan fingerprint density at radius 3 is 3.00 bits per heavy atom. The lowest BCUT2D eigenvalue weighted by atomic mass is 10.3. The smallest absolute Gasteiger partial charge is 0.327 e. The molecule has 0 radical (unpaired) electrons. The average Bonchev–Trinajstić information content (AvgIpc) is 2.27. The molecule has 3 heterocycles. The summed E-state index contributed by atoms with van der Waals surface area (Å²) < 4.78 is 5.21. The first-order chi connectivity index (χ1) is 7.74. The Kier molecular flexibility index (Phi) is 1.67. The fourth-order valence-electron chi connectivity index (χ4n) is 1.48. The highest BCUT2D eigenvalue weighted by molar-refractivity contribution is 5.71. The molecule has 1 aliphatic rings. The lowest BCUT2D eigenvalue weighted by Crippen LogP contribution is -2.24. The van der Waals surface area contributed by atoms with Crippen molar-refractivity contribution in [2.45, 2.75) is 0 Å². The van der Waals surface area contributed by atoms with Crippen LogP contribution in [-0.4, -0.2) is 26.5 Å². The molecule has 7 nitrogen and oxygen atoms in total. The number of rotatable bonds is 0. The van der Waals surface area contributed by atoms with E-state index in [4.69, 9.17) is 4.74 Å². The number of nitrogens with zero attached hydrogens (tertiary/aromatic N) is 2. The molecular formula is C9H6N4O3. The van der Waals surface area contributed by atoms with Crippen LogP contribution in [0.1, 0.15) is 5.69 Å². The maximum Gasteiger partial charge on any atom is 0.327 e. The number of H-pyrrole nitrogens is 2. The van der Waals surface area contributed by atoms with Gasteiger partial charge in [0.15, 0.2) is 11.2 Å². The Morgan fingerprint density at radius 1 is 1.25 bits per heavy atom. The van der Waals surface area contributed by atoms with Gasteiger partial charge in [0.2, 0.25) is 5.88 Å². The van der Waals surface area contributed by atoms with Gasteiger partial charge in [-0.2, -0.15) is 0 Å². The fourth-order valence-corrected chi connectivity index (χ4v) is 1.48. The molecule has 0 saturated carbocycles. The molecule has 0 saturated heterocycles. The van der Waals surface area contributed by atoms with Crippen LogP contribution in [0.4, 0.5) is 0 Å². The zero-order chi connectivity index (χ0) is 11.1. The van der Waals surface area contributed by atoms with Crippen molar-refractivity contribution >= 4 is 17.2 Å². The number of aromatic amines is 2. The van der Waals surface area contributed by atoms with Gasteiger partial charge in [-0.05, 0) is 12.2 Å². The lowest BCUT2D eigenvalue weighted by molar-refractivity contribution is 0.343. The summed E-state index contributed by atoms with van der Waals surface area (Å²) in [5.74, 6) is 0.299. The highest BCUT2D eigenvalue weighted by Gasteiger charge is 2.13. The van der Waals surface area contributed by atoms with Crippen molar-refractivity contribution in [1.82, 2.24) is 19.9 Å². The van der Waals surface area contributed by atoms with Crippen LogP contribution in [0.2, 0.25) is 0 Å². The molecule has 7 heteroatoms. The van der Waals surface area contributed by atoms with Crippen molar-refractivity contribution in [2.75, 3.05) is 6.61 Å². The van der Waals surface area contributed by atoms with Gasteiger partial charge in [0.1, 0.15) is 12.3 Å². The summed E-state index contributed by atoms with van der Waals surface area (Å²) in [4.78, 5) is 35.1. The zero-order valence-corrected chi connectivity index (χ0v) is 7.98. The molecule has 0 spiro atoms. The maximum absolute atomic E-state index is 11.4. The summed E-state index contributed by atoms with van der Waals surface area (Å²) in [6.45, 7) is 0.397. The van der Waals surface area contributed by atoms with Gasteiger partial charge >= 0.3 is 5.69 Å². The minimum atomic E-state index is -0.604. The molecule has 80 valence electrons. The molecule has 2 aromatic heterocycles. The third-order valence-corrected chi connectivity index (χ3v) is 2.16. The van der Waals surface area contributed by atoms with E-state index in [9.17, 15) is 9.59 Å². The molecule has 0 aromatic carbocycles. The third kappa shape index (κ3) is 1.22. The second-order valence-corrected chi connectivity index (χ2v) is 3.23. The number of nitrogens with one attached hydrogen (secondary N) is 2. The highest BCUT2D eigenvalue weighted by atomic mass is 16.5. The molecule has 2 N–H and O–H groups in total. The standard InChI is InChI=1S/C9H6N4O3/c14-7-5-6(12-9(15)13-7)10-4-2-1-3-16-8(4)11-5/h1-2H,3H2,(H2,10,12,13,14,15). The highest BCUT2D eigenvalue weighted by Crippen LogP contribution is 2.19. The van der Waals surface area contributed by atoms with Crippen LogP contribution in [0, 0.1) is 0 Å². The monoisotopic (exact) mass is 218 g/mol. The van der Waals surface area contributed by atoms with Crippen molar-refractivity contribution < 1.29 is 4.74 Å². The number of hydrogen-bond donors (Lipinski definition) is 2. The van der Waals surface area contributed by atoms with E-state index in [1.165, 1.54) is 0 Å². The molecule has 0 atom stereocenters. The zero-order valence-electron chi connectivity index (χ0n) is 7.98. The maximum atomic E-state index is 11.4. The average molecular weight is 218 g/mol. The van der Waals surface area contributed by atoms with Gasteiger partial charge in [-0.1, -0.05) is 0 Å². The first-order valence-electron chi connectivity index (χ1n) is 4.58. The van der Waals surface area contributed by atoms with Crippen LogP contribution >= 0.6 is 0 Å². The van der Waals surface area contributed by atoms with E-state index in [-0.39, 0.29) is 11.2 Å². The van der Waals surface area contributed by atoms with Crippen LogP contribution < -0.4 is 16.0 Å². The van der Waals surface area contributed by atoms with Gasteiger partial charge in [0.25, 0.3) is 5.56 Å². The summed E-state index contributed by atoms with van der Waals surface area (Å²) >= 11 is 0. The SMILES string of the molecule is O=c1[nH]c(=O)c2nc3c(nc2[nH]1)C=CCO3. The normalized spacial score (nSPS) is 13.5. The van der Waals surface area contributed by atoms with E-state index in [1.54, 1.807) is 12.2 Å². The molecule has 0 fully saturated rings. The minimum Gasteiger partial charge on any atom is -0.472 e. The van der Waals surface area contributed by atoms with E-state index in [1.807, 2.05) is 0 Å². The largest absolute Gasteiger partial charge is 0.472 e. The van der Waals surface area contributed by atoms with Gasteiger partial charge in [0.05, 0.1) is 0 Å². The lowest BCUT2D eigenvalue weighted by Gasteiger charge is -2.09. The predicted octanol–water partition coefficient (Wildman–Crippen LogP) is -0.588. The fraction of sp³-hybridized carbons (Fsp3) is 0.111. The third-order valence-electron chi connectivity index (χ3n) is 2.16. The molecule has 2 aromatic rings. The number of aromatic nitrogens is 4. The number of hydrogen-bond acceptors (Lipinski definition) is 5. The van der Waals surface area contributed by atoms with Gasteiger partial charge in [-0.15, -0.1) is 0 Å². The number of fused-ring (bicyclic) bond motifs is 2. The van der Waals surface area contributed by atoms with Crippen LogP contribution in [0.5, 0.6) is 5.88 Å². The summed E-state index contributed by atoms with van der Waals surface area (Å²) in [6.07, 6.45) is 3.50. The second-order valence-electron chi connectivity index (χ2n) is 3.23. The Balaban J connectivity index is 2.46. The summed E-state index contributed by atoms with van der Waals surface area (Å²) in [5.41, 5.74) is -0.462. The summed E-state index contributed by atoms with van der Waals surface area (Å²) in [5, 5.41) is 0. The Morgan fingerprint density at radius 2 is 2.12 bits per heavy atom. The summed E-state index contributed by atoms with van der Waals surface area (Å²) in [7, 11) is 0. The van der Waals surface area contributed by atoms with Crippen molar-refractivity contribution in [3.8, 4) is 5.88 Å². The first-order valence-corrected chi connectivity index (χ1v) is 4.58. The minimum absolute atomic E-state index is 0.0636. The molecule has 0 aliphatic carbocycles. The van der Waals surface area contributed by atoms with Crippen LogP contribution in [0.15, 0.2) is 15.7 Å². The molecule has 0 amide bonds. The molecule has 0 unspecified atom stereocenters. The van der Waals surface area contributed by atoms with Crippen LogP contribution in [0.3, 0.4) is 0 Å². The Hall–Kier alpha value is -2.44. The predicted molar refractivity (Wildman–Crippen MR) is 55.3 cm³/mol. The molecular weight excluding hydrogens is 212 g/mol. The molecule has 1 aliphatic heterocycles.